The molecule has 34 heavy (non-hydrogen) atoms. The molecule has 3 aromatic rings. The predicted octanol–water partition coefficient (Wildman–Crippen LogP) is 2.83. The van der Waals surface area contributed by atoms with Crippen molar-refractivity contribution in [2.45, 2.75) is 23.9 Å². The molecule has 0 spiro atoms. The zero-order valence-electron chi connectivity index (χ0n) is 18.7. The molecule has 0 aromatic heterocycles. The van der Waals surface area contributed by atoms with Gasteiger partial charge in [-0.1, -0.05) is 54.6 Å². The topological polar surface area (TPSA) is 96.0 Å². The van der Waals surface area contributed by atoms with Crippen molar-refractivity contribution in [2.75, 3.05) is 26.3 Å². The zero-order chi connectivity index (χ0) is 23.9. The monoisotopic (exact) mass is 479 g/mol. The maximum Gasteiger partial charge on any atom is 0.325 e. The summed E-state index contributed by atoms with van der Waals surface area (Å²) in [6.07, 6.45) is 0. The Kier molecular flexibility index (Phi) is 5.63. The second kappa shape index (κ2) is 8.50. The first kappa shape index (κ1) is 22.5. The quantitative estimate of drug-likeness (QED) is 0.568. The fourth-order valence-electron chi connectivity index (χ4n) is 4.61. The maximum absolute atomic E-state index is 13.5. The Bertz CT molecular complexity index is 1380. The Morgan fingerprint density at radius 2 is 1.68 bits per heavy atom. The molecule has 8 nitrogen and oxygen atoms in total. The van der Waals surface area contributed by atoms with Crippen molar-refractivity contribution in [2.24, 2.45) is 0 Å². The van der Waals surface area contributed by atoms with E-state index in [1.807, 2.05) is 42.5 Å². The number of amides is 3. The van der Waals surface area contributed by atoms with Gasteiger partial charge in [0.25, 0.3) is 5.91 Å². The third-order valence-electron chi connectivity index (χ3n) is 6.45. The van der Waals surface area contributed by atoms with Gasteiger partial charge < -0.3 is 10.1 Å². The van der Waals surface area contributed by atoms with Gasteiger partial charge >= 0.3 is 6.03 Å². The number of hydrogen-bond donors (Lipinski definition) is 1. The van der Waals surface area contributed by atoms with Crippen molar-refractivity contribution in [3.63, 3.8) is 0 Å². The largest absolute Gasteiger partial charge is 0.379 e. The standard InChI is InChI=1S/C25H25N3O5S/c1-25(22-11-5-8-19-7-2-3-10-21(19)22)23(29)28(24(30)26-25)17-18-6-4-9-20(16-18)34(31,32)27-12-14-33-15-13-27/h2-11,16H,12-15,17H2,1H3,(H,26,30)/t25-/m1/s1. The fraction of sp³-hybridized carbons (Fsp3) is 0.280. The molecule has 5 rings (SSSR count). The van der Waals surface area contributed by atoms with Crippen LogP contribution >= 0.6 is 0 Å². The molecule has 3 amide bonds. The number of ether oxygens (including phenoxy) is 1. The molecule has 9 heteroatoms. The number of urea groups is 1. The molecular weight excluding hydrogens is 454 g/mol. The minimum atomic E-state index is -3.69. The lowest BCUT2D eigenvalue weighted by molar-refractivity contribution is -0.131. The van der Waals surface area contributed by atoms with Crippen LogP contribution in [0.2, 0.25) is 0 Å². The molecule has 0 unspecified atom stereocenters. The van der Waals surface area contributed by atoms with Crippen LogP contribution in [-0.2, 0) is 31.6 Å². The van der Waals surface area contributed by atoms with Crippen molar-refractivity contribution in [1.82, 2.24) is 14.5 Å². The highest BCUT2D eigenvalue weighted by Crippen LogP contribution is 2.34. The van der Waals surface area contributed by atoms with Crippen LogP contribution < -0.4 is 5.32 Å². The van der Waals surface area contributed by atoms with E-state index >= 15 is 0 Å². The first-order valence-corrected chi connectivity index (χ1v) is 12.5. The van der Waals surface area contributed by atoms with Gasteiger partial charge in [-0.2, -0.15) is 4.31 Å². The van der Waals surface area contributed by atoms with Gasteiger partial charge in [0, 0.05) is 13.1 Å². The lowest BCUT2D eigenvalue weighted by atomic mass is 9.88. The zero-order valence-corrected chi connectivity index (χ0v) is 19.5. The van der Waals surface area contributed by atoms with Gasteiger partial charge in [-0.25, -0.2) is 13.2 Å². The van der Waals surface area contributed by atoms with E-state index < -0.39 is 21.6 Å². The summed E-state index contributed by atoms with van der Waals surface area (Å²) in [6, 6.07) is 19.3. The number of sulfonamides is 1. The van der Waals surface area contributed by atoms with Gasteiger partial charge in [-0.15, -0.1) is 0 Å². The van der Waals surface area contributed by atoms with E-state index in [2.05, 4.69) is 5.32 Å². The van der Waals surface area contributed by atoms with Crippen molar-refractivity contribution in [1.29, 1.82) is 0 Å². The molecule has 176 valence electrons. The average Bonchev–Trinajstić information content (AvgIpc) is 3.08. The number of carbonyl (C=O) groups excluding carboxylic acids is 2. The van der Waals surface area contributed by atoms with E-state index in [1.54, 1.807) is 19.1 Å². The van der Waals surface area contributed by atoms with Crippen LogP contribution in [0, 0.1) is 0 Å². The number of benzene rings is 3. The van der Waals surface area contributed by atoms with E-state index in [0.717, 1.165) is 21.2 Å². The van der Waals surface area contributed by atoms with E-state index in [1.165, 1.54) is 16.4 Å². The van der Waals surface area contributed by atoms with Gasteiger partial charge in [0.05, 0.1) is 24.7 Å². The molecule has 0 bridgehead atoms. The van der Waals surface area contributed by atoms with Gasteiger partial charge in [0.2, 0.25) is 10.0 Å². The van der Waals surface area contributed by atoms with Gasteiger partial charge in [-0.05, 0) is 41.0 Å². The molecule has 2 saturated heterocycles. The Labute approximate surface area is 198 Å². The van der Waals surface area contributed by atoms with Crippen LogP contribution in [0.4, 0.5) is 4.79 Å². The first-order valence-electron chi connectivity index (χ1n) is 11.1. The molecule has 0 saturated carbocycles. The summed E-state index contributed by atoms with van der Waals surface area (Å²) in [4.78, 5) is 27.7. The number of hydrogen-bond acceptors (Lipinski definition) is 5. The maximum atomic E-state index is 13.5. The minimum Gasteiger partial charge on any atom is -0.379 e. The number of imide groups is 1. The van der Waals surface area contributed by atoms with Crippen LogP contribution in [-0.4, -0.2) is 55.9 Å². The number of nitrogens with one attached hydrogen (secondary N) is 1. The summed E-state index contributed by atoms with van der Waals surface area (Å²) in [5.74, 6) is -0.379. The predicted molar refractivity (Wildman–Crippen MR) is 126 cm³/mol. The molecule has 0 aliphatic carbocycles. The summed E-state index contributed by atoms with van der Waals surface area (Å²) >= 11 is 0. The second-order valence-electron chi connectivity index (χ2n) is 8.64. The Hall–Kier alpha value is -3.27. The highest BCUT2D eigenvalue weighted by molar-refractivity contribution is 7.89. The Morgan fingerprint density at radius 1 is 0.971 bits per heavy atom. The molecule has 2 heterocycles. The molecule has 2 aliphatic heterocycles. The van der Waals surface area contributed by atoms with E-state index in [9.17, 15) is 18.0 Å². The SMILES string of the molecule is C[C@]1(c2cccc3ccccc23)NC(=O)N(Cc2cccc(S(=O)(=O)N3CCOCC3)c2)C1=O. The molecule has 0 radical (unpaired) electrons. The highest BCUT2D eigenvalue weighted by Gasteiger charge is 2.49. The third-order valence-corrected chi connectivity index (χ3v) is 8.34. The molecule has 2 aliphatic rings. The molecule has 3 aromatic carbocycles. The van der Waals surface area contributed by atoms with E-state index in [-0.39, 0.29) is 17.3 Å². The Balaban J connectivity index is 1.43. The highest BCUT2D eigenvalue weighted by atomic mass is 32.2. The summed E-state index contributed by atoms with van der Waals surface area (Å²) < 4.78 is 32.7. The second-order valence-corrected chi connectivity index (χ2v) is 10.6. The smallest absolute Gasteiger partial charge is 0.325 e. The summed E-state index contributed by atoms with van der Waals surface area (Å²) in [6.45, 7) is 2.97. The minimum absolute atomic E-state index is 0.0303. The van der Waals surface area contributed by atoms with Gasteiger partial charge in [-0.3, -0.25) is 9.69 Å². The number of rotatable bonds is 5. The first-order chi connectivity index (χ1) is 16.3. The lowest BCUT2D eigenvalue weighted by Crippen LogP contribution is -2.41. The number of morpholine rings is 1. The molecule has 1 atom stereocenters. The lowest BCUT2D eigenvalue weighted by Gasteiger charge is -2.26. The third kappa shape index (κ3) is 3.75. The number of fused-ring (bicyclic) bond motifs is 1. The van der Waals surface area contributed by atoms with Gasteiger partial charge in [0.1, 0.15) is 5.54 Å². The normalized spacial score (nSPS) is 21.7. The van der Waals surface area contributed by atoms with Crippen LogP contribution in [0.5, 0.6) is 0 Å². The van der Waals surface area contributed by atoms with E-state index in [4.69, 9.17) is 4.74 Å². The van der Waals surface area contributed by atoms with Crippen LogP contribution in [0.1, 0.15) is 18.1 Å². The van der Waals surface area contributed by atoms with Gasteiger partial charge in [0.15, 0.2) is 0 Å². The van der Waals surface area contributed by atoms with Crippen LogP contribution in [0.3, 0.4) is 0 Å². The average molecular weight is 480 g/mol. The molecule has 2 fully saturated rings. The molecular formula is C25H25N3O5S. The van der Waals surface area contributed by atoms with Crippen LogP contribution in [0.15, 0.2) is 71.6 Å². The van der Waals surface area contributed by atoms with Crippen molar-refractivity contribution in [3.05, 3.63) is 77.9 Å². The summed E-state index contributed by atoms with van der Waals surface area (Å²) in [5.41, 5.74) is 0.0465. The van der Waals surface area contributed by atoms with Crippen molar-refractivity contribution in [3.8, 4) is 0 Å². The summed E-state index contributed by atoms with van der Waals surface area (Å²) in [7, 11) is -3.69. The molecule has 1 N–H and O–H groups in total. The van der Waals surface area contributed by atoms with E-state index in [0.29, 0.717) is 31.9 Å². The number of carbonyl (C=O) groups is 2. The fourth-order valence-corrected chi connectivity index (χ4v) is 6.09. The summed E-state index contributed by atoms with van der Waals surface area (Å²) in [5, 5.41) is 4.72. The van der Waals surface area contributed by atoms with Crippen LogP contribution in [0.25, 0.3) is 10.8 Å². The van der Waals surface area contributed by atoms with Crippen molar-refractivity contribution < 1.29 is 22.7 Å². The number of nitrogens with zero attached hydrogens (tertiary/aromatic N) is 2. The van der Waals surface area contributed by atoms with Crippen molar-refractivity contribution >= 4 is 32.7 Å². The Morgan fingerprint density at radius 3 is 2.47 bits per heavy atom.